The fourth-order valence-corrected chi connectivity index (χ4v) is 1.43. The van der Waals surface area contributed by atoms with Gasteiger partial charge in [0.05, 0.1) is 6.10 Å². The van der Waals surface area contributed by atoms with Crippen molar-refractivity contribution in [2.75, 3.05) is 13.7 Å². The van der Waals surface area contributed by atoms with Gasteiger partial charge in [0.2, 0.25) is 0 Å². The zero-order valence-electron chi connectivity index (χ0n) is 7.08. The van der Waals surface area contributed by atoms with Gasteiger partial charge in [0.15, 0.2) is 6.29 Å². The third-order valence-corrected chi connectivity index (χ3v) is 2.06. The lowest BCUT2D eigenvalue weighted by Crippen LogP contribution is -2.30. The molecule has 1 unspecified atom stereocenters. The molecule has 0 aromatic carbocycles. The number of hydrogen-bond donors (Lipinski definition) is 1. The molecule has 0 saturated carbocycles. The Hall–Kier alpha value is -0.120. The Bertz CT molecular complexity index is 106. The molecule has 1 saturated heterocycles. The van der Waals surface area contributed by atoms with Crippen molar-refractivity contribution in [2.24, 2.45) is 5.73 Å². The van der Waals surface area contributed by atoms with E-state index in [0.29, 0.717) is 12.6 Å². The minimum atomic E-state index is 0.0142. The molecule has 0 radical (unpaired) electrons. The zero-order chi connectivity index (χ0) is 8.10. The highest BCUT2D eigenvalue weighted by atomic mass is 16.7. The topological polar surface area (TPSA) is 44.5 Å². The van der Waals surface area contributed by atoms with Gasteiger partial charge in [-0.25, -0.2) is 0 Å². The van der Waals surface area contributed by atoms with E-state index >= 15 is 0 Å². The molecule has 3 nitrogen and oxygen atoms in total. The number of nitrogens with two attached hydrogens (primary N) is 1. The van der Waals surface area contributed by atoms with Crippen LogP contribution in [0.25, 0.3) is 0 Å². The molecule has 0 aliphatic carbocycles. The first-order valence-corrected chi connectivity index (χ1v) is 4.25. The average molecular weight is 159 g/mol. The van der Waals surface area contributed by atoms with Gasteiger partial charge in [0.1, 0.15) is 0 Å². The SMILES string of the molecule is COC1CCC[C@@H](CCN)O1. The molecule has 1 fully saturated rings. The van der Waals surface area contributed by atoms with Gasteiger partial charge in [0, 0.05) is 7.11 Å². The van der Waals surface area contributed by atoms with E-state index in [1.54, 1.807) is 7.11 Å². The summed E-state index contributed by atoms with van der Waals surface area (Å²) in [5, 5.41) is 0. The summed E-state index contributed by atoms with van der Waals surface area (Å²) in [7, 11) is 1.69. The smallest absolute Gasteiger partial charge is 0.157 e. The van der Waals surface area contributed by atoms with E-state index in [4.69, 9.17) is 15.2 Å². The molecular weight excluding hydrogens is 142 g/mol. The van der Waals surface area contributed by atoms with Gasteiger partial charge in [-0.15, -0.1) is 0 Å². The quantitative estimate of drug-likeness (QED) is 0.664. The molecule has 1 heterocycles. The molecule has 0 amide bonds. The van der Waals surface area contributed by atoms with E-state index in [9.17, 15) is 0 Å². The normalized spacial score (nSPS) is 32.2. The fourth-order valence-electron chi connectivity index (χ4n) is 1.43. The molecule has 0 aromatic rings. The van der Waals surface area contributed by atoms with Gasteiger partial charge in [-0.1, -0.05) is 0 Å². The van der Waals surface area contributed by atoms with Crippen LogP contribution in [-0.2, 0) is 9.47 Å². The Morgan fingerprint density at radius 2 is 2.36 bits per heavy atom. The standard InChI is InChI=1S/C8H17NO2/c1-10-8-4-2-3-7(11-8)5-6-9/h7-8H,2-6,9H2,1H3/t7-,8?/m0/s1. The second kappa shape index (κ2) is 4.70. The summed E-state index contributed by atoms with van der Waals surface area (Å²) >= 11 is 0. The maximum Gasteiger partial charge on any atom is 0.157 e. The van der Waals surface area contributed by atoms with Crippen LogP contribution in [0.3, 0.4) is 0 Å². The van der Waals surface area contributed by atoms with E-state index in [-0.39, 0.29) is 6.29 Å². The maximum atomic E-state index is 5.57. The van der Waals surface area contributed by atoms with E-state index in [2.05, 4.69) is 0 Å². The van der Waals surface area contributed by atoms with Crippen molar-refractivity contribution < 1.29 is 9.47 Å². The molecule has 1 rings (SSSR count). The van der Waals surface area contributed by atoms with Crippen molar-refractivity contribution in [3.05, 3.63) is 0 Å². The number of ether oxygens (including phenoxy) is 2. The average Bonchev–Trinajstić information content (AvgIpc) is 2.06. The van der Waals surface area contributed by atoms with Gasteiger partial charge in [-0.3, -0.25) is 0 Å². The predicted octanol–water partition coefficient (Wildman–Crippen LogP) is 0.877. The van der Waals surface area contributed by atoms with Gasteiger partial charge >= 0.3 is 0 Å². The summed E-state index contributed by atoms with van der Waals surface area (Å²) in [6, 6.07) is 0. The molecule has 11 heavy (non-hydrogen) atoms. The van der Waals surface area contributed by atoms with Crippen LogP contribution in [0.1, 0.15) is 25.7 Å². The zero-order valence-corrected chi connectivity index (χ0v) is 7.08. The summed E-state index contributed by atoms with van der Waals surface area (Å²) in [4.78, 5) is 0. The highest BCUT2D eigenvalue weighted by molar-refractivity contribution is 4.66. The molecule has 0 spiro atoms. The van der Waals surface area contributed by atoms with Gasteiger partial charge < -0.3 is 15.2 Å². The van der Waals surface area contributed by atoms with Crippen LogP contribution in [0, 0.1) is 0 Å². The minimum absolute atomic E-state index is 0.0142. The van der Waals surface area contributed by atoms with Crippen molar-refractivity contribution >= 4 is 0 Å². The van der Waals surface area contributed by atoms with E-state index in [1.165, 1.54) is 6.42 Å². The maximum absolute atomic E-state index is 5.57. The lowest BCUT2D eigenvalue weighted by Gasteiger charge is -2.28. The number of rotatable bonds is 3. The van der Waals surface area contributed by atoms with Gasteiger partial charge in [0.25, 0.3) is 0 Å². The lowest BCUT2D eigenvalue weighted by molar-refractivity contribution is -0.180. The molecule has 66 valence electrons. The Morgan fingerprint density at radius 3 is 3.00 bits per heavy atom. The van der Waals surface area contributed by atoms with Crippen molar-refractivity contribution in [2.45, 2.75) is 38.1 Å². The Kier molecular flexibility index (Phi) is 3.83. The summed E-state index contributed by atoms with van der Waals surface area (Å²) in [6.07, 6.45) is 4.66. The summed E-state index contributed by atoms with van der Waals surface area (Å²) < 4.78 is 10.7. The fraction of sp³-hybridized carbons (Fsp3) is 1.00. The number of methoxy groups -OCH3 is 1. The first-order valence-electron chi connectivity index (χ1n) is 4.25. The second-order valence-corrected chi connectivity index (χ2v) is 2.93. The van der Waals surface area contributed by atoms with Crippen LogP contribution in [0.5, 0.6) is 0 Å². The third-order valence-electron chi connectivity index (χ3n) is 2.06. The Morgan fingerprint density at radius 1 is 1.55 bits per heavy atom. The minimum Gasteiger partial charge on any atom is -0.356 e. The molecule has 2 N–H and O–H groups in total. The molecule has 3 heteroatoms. The van der Waals surface area contributed by atoms with Crippen LogP contribution >= 0.6 is 0 Å². The molecular formula is C8H17NO2. The summed E-state index contributed by atoms with van der Waals surface area (Å²) in [6.45, 7) is 0.709. The monoisotopic (exact) mass is 159 g/mol. The lowest BCUT2D eigenvalue weighted by atomic mass is 10.1. The van der Waals surface area contributed by atoms with E-state index < -0.39 is 0 Å². The van der Waals surface area contributed by atoms with E-state index in [0.717, 1.165) is 19.3 Å². The van der Waals surface area contributed by atoms with Crippen LogP contribution in [0.15, 0.2) is 0 Å². The summed E-state index contributed by atoms with van der Waals surface area (Å²) in [5.74, 6) is 0. The van der Waals surface area contributed by atoms with Crippen LogP contribution < -0.4 is 5.73 Å². The highest BCUT2D eigenvalue weighted by Crippen LogP contribution is 2.20. The van der Waals surface area contributed by atoms with Crippen LogP contribution in [0.4, 0.5) is 0 Å². The predicted molar refractivity (Wildman–Crippen MR) is 43.2 cm³/mol. The van der Waals surface area contributed by atoms with Crippen LogP contribution in [0.2, 0.25) is 0 Å². The molecule has 0 bridgehead atoms. The van der Waals surface area contributed by atoms with Gasteiger partial charge in [-0.2, -0.15) is 0 Å². The number of hydrogen-bond acceptors (Lipinski definition) is 3. The molecule has 1 aliphatic heterocycles. The van der Waals surface area contributed by atoms with Crippen molar-refractivity contribution in [3.63, 3.8) is 0 Å². The Labute approximate surface area is 67.9 Å². The molecule has 1 aliphatic rings. The van der Waals surface area contributed by atoms with E-state index in [1.807, 2.05) is 0 Å². The Balaban J connectivity index is 2.21. The van der Waals surface area contributed by atoms with Gasteiger partial charge in [-0.05, 0) is 32.2 Å². The first kappa shape index (κ1) is 8.97. The molecule has 0 aromatic heterocycles. The largest absolute Gasteiger partial charge is 0.356 e. The first-order chi connectivity index (χ1) is 5.36. The third kappa shape index (κ3) is 2.77. The molecule has 2 atom stereocenters. The van der Waals surface area contributed by atoms with Crippen LogP contribution in [-0.4, -0.2) is 26.0 Å². The van der Waals surface area contributed by atoms with Crippen molar-refractivity contribution in [1.29, 1.82) is 0 Å². The summed E-state index contributed by atoms with van der Waals surface area (Å²) in [5.41, 5.74) is 5.43. The second-order valence-electron chi connectivity index (χ2n) is 2.93. The van der Waals surface area contributed by atoms with Crippen molar-refractivity contribution in [1.82, 2.24) is 0 Å². The van der Waals surface area contributed by atoms with Crippen molar-refractivity contribution in [3.8, 4) is 0 Å². The highest BCUT2D eigenvalue weighted by Gasteiger charge is 2.20.